The zero-order valence-electron chi connectivity index (χ0n) is 15.4. The zero-order valence-corrected chi connectivity index (χ0v) is 18.5. The number of halogens is 1. The number of piperazine rings is 1. The normalized spacial score (nSPS) is 30.5. The van der Waals surface area contributed by atoms with Crippen LogP contribution in [0.5, 0.6) is 0 Å². The number of nitrogens with one attached hydrogen (secondary N) is 1. The molecule has 3 fully saturated rings. The number of thioether (sulfide) groups is 1. The average Bonchev–Trinajstić information content (AvgIpc) is 3.22. The standard InChI is InChI=1S/C18H34N4S.HI/c1-19-18(20-7-3-4-12-23-2)22-10-8-21(9-11-22)17-14-15-5-6-16(17)13-15;/h15-17H,3-14H2,1-2H3,(H,19,20);1H. The van der Waals surface area contributed by atoms with E-state index in [-0.39, 0.29) is 24.0 Å². The Bertz CT molecular complexity index is 398. The summed E-state index contributed by atoms with van der Waals surface area (Å²) in [7, 11) is 1.92. The molecule has 2 bridgehead atoms. The lowest BCUT2D eigenvalue weighted by molar-refractivity contribution is 0.0958. The lowest BCUT2D eigenvalue weighted by Gasteiger charge is -2.42. The zero-order chi connectivity index (χ0) is 16.1. The Hall–Kier alpha value is 0.310. The van der Waals surface area contributed by atoms with Crippen molar-refractivity contribution in [1.82, 2.24) is 15.1 Å². The molecule has 1 heterocycles. The molecule has 1 saturated heterocycles. The van der Waals surface area contributed by atoms with Crippen molar-refractivity contribution < 1.29 is 0 Å². The fourth-order valence-corrected chi connectivity index (χ4v) is 5.32. The highest BCUT2D eigenvalue weighted by Gasteiger charge is 2.42. The molecule has 4 nitrogen and oxygen atoms in total. The van der Waals surface area contributed by atoms with Crippen LogP contribution >= 0.6 is 35.7 Å². The summed E-state index contributed by atoms with van der Waals surface area (Å²) >= 11 is 1.94. The second kappa shape index (κ2) is 10.5. The third-order valence-electron chi connectivity index (χ3n) is 6.05. The van der Waals surface area contributed by atoms with Gasteiger partial charge in [0.25, 0.3) is 0 Å². The molecule has 2 aliphatic carbocycles. The fourth-order valence-electron chi connectivity index (χ4n) is 4.83. The predicted octanol–water partition coefficient (Wildman–Crippen LogP) is 3.13. The first-order valence-corrected chi connectivity index (χ1v) is 10.9. The SMILES string of the molecule is CN=C(NCCCCSC)N1CCN(C2CC3CCC2C3)CC1.I. The van der Waals surface area contributed by atoms with E-state index in [1.807, 2.05) is 18.8 Å². The number of hydrogen-bond acceptors (Lipinski definition) is 3. The van der Waals surface area contributed by atoms with Crippen LogP contribution in [0.25, 0.3) is 0 Å². The minimum absolute atomic E-state index is 0. The van der Waals surface area contributed by atoms with Crippen molar-refractivity contribution in [1.29, 1.82) is 0 Å². The van der Waals surface area contributed by atoms with Crippen LogP contribution in [0.2, 0.25) is 0 Å². The minimum atomic E-state index is 0. The molecule has 1 aliphatic heterocycles. The molecule has 0 aromatic rings. The summed E-state index contributed by atoms with van der Waals surface area (Å²) < 4.78 is 0. The van der Waals surface area contributed by atoms with Crippen LogP contribution in [0, 0.1) is 11.8 Å². The van der Waals surface area contributed by atoms with Crippen molar-refractivity contribution in [2.75, 3.05) is 51.8 Å². The number of hydrogen-bond donors (Lipinski definition) is 1. The molecule has 0 amide bonds. The number of guanidine groups is 1. The van der Waals surface area contributed by atoms with Crippen molar-refractivity contribution in [3.8, 4) is 0 Å². The number of nitrogens with zero attached hydrogens (tertiary/aromatic N) is 3. The van der Waals surface area contributed by atoms with Gasteiger partial charge in [0.1, 0.15) is 0 Å². The molecule has 0 radical (unpaired) electrons. The Morgan fingerprint density at radius 3 is 2.50 bits per heavy atom. The summed E-state index contributed by atoms with van der Waals surface area (Å²) in [5.74, 6) is 4.45. The molecule has 3 unspecified atom stereocenters. The molecule has 140 valence electrons. The molecule has 24 heavy (non-hydrogen) atoms. The van der Waals surface area contributed by atoms with Gasteiger partial charge in [-0.05, 0) is 55.9 Å². The highest BCUT2D eigenvalue weighted by molar-refractivity contribution is 14.0. The van der Waals surface area contributed by atoms with Crippen LogP contribution in [-0.2, 0) is 0 Å². The molecule has 3 atom stereocenters. The first-order valence-electron chi connectivity index (χ1n) is 9.50. The van der Waals surface area contributed by atoms with E-state index >= 15 is 0 Å². The van der Waals surface area contributed by atoms with Crippen molar-refractivity contribution in [2.45, 2.75) is 44.6 Å². The highest BCUT2D eigenvalue weighted by atomic mass is 127. The largest absolute Gasteiger partial charge is 0.356 e. The molecular formula is C18H35IN4S. The lowest BCUT2D eigenvalue weighted by atomic mass is 9.93. The van der Waals surface area contributed by atoms with Crippen LogP contribution < -0.4 is 5.32 Å². The second-order valence-corrected chi connectivity index (χ2v) is 8.42. The van der Waals surface area contributed by atoms with E-state index in [1.54, 1.807) is 0 Å². The molecule has 6 heteroatoms. The van der Waals surface area contributed by atoms with Crippen LogP contribution in [0.1, 0.15) is 38.5 Å². The molecule has 1 N–H and O–H groups in total. The van der Waals surface area contributed by atoms with Gasteiger partial charge in [-0.15, -0.1) is 24.0 Å². The summed E-state index contributed by atoms with van der Waals surface area (Å²) in [5, 5.41) is 3.56. The fraction of sp³-hybridized carbons (Fsp3) is 0.944. The second-order valence-electron chi connectivity index (χ2n) is 7.44. The maximum Gasteiger partial charge on any atom is 0.193 e. The van der Waals surface area contributed by atoms with E-state index in [0.717, 1.165) is 43.5 Å². The lowest BCUT2D eigenvalue weighted by Crippen LogP contribution is -2.55. The Morgan fingerprint density at radius 2 is 1.92 bits per heavy atom. The Kier molecular flexibility index (Phi) is 8.98. The van der Waals surface area contributed by atoms with Crippen molar-refractivity contribution in [3.63, 3.8) is 0 Å². The van der Waals surface area contributed by atoms with Crippen molar-refractivity contribution in [3.05, 3.63) is 0 Å². The van der Waals surface area contributed by atoms with Gasteiger partial charge in [0.05, 0.1) is 0 Å². The molecule has 3 rings (SSSR count). The maximum absolute atomic E-state index is 4.50. The van der Waals surface area contributed by atoms with Crippen LogP contribution in [0.4, 0.5) is 0 Å². The van der Waals surface area contributed by atoms with E-state index in [0.29, 0.717) is 0 Å². The van der Waals surface area contributed by atoms with Gasteiger partial charge in [0.2, 0.25) is 0 Å². The van der Waals surface area contributed by atoms with E-state index in [9.17, 15) is 0 Å². The van der Waals surface area contributed by atoms with E-state index < -0.39 is 0 Å². The highest BCUT2D eigenvalue weighted by Crippen LogP contribution is 2.46. The van der Waals surface area contributed by atoms with E-state index in [4.69, 9.17) is 0 Å². The van der Waals surface area contributed by atoms with Crippen molar-refractivity contribution >= 4 is 41.7 Å². The maximum atomic E-state index is 4.50. The van der Waals surface area contributed by atoms with E-state index in [1.165, 1.54) is 57.4 Å². The van der Waals surface area contributed by atoms with Crippen LogP contribution in [0.15, 0.2) is 4.99 Å². The predicted molar refractivity (Wildman–Crippen MR) is 117 cm³/mol. The number of unbranched alkanes of at least 4 members (excludes halogenated alkanes) is 1. The summed E-state index contributed by atoms with van der Waals surface area (Å²) in [4.78, 5) is 9.74. The number of rotatable bonds is 6. The third-order valence-corrected chi connectivity index (χ3v) is 6.75. The van der Waals surface area contributed by atoms with Crippen LogP contribution in [0.3, 0.4) is 0 Å². The van der Waals surface area contributed by atoms with Gasteiger partial charge in [0.15, 0.2) is 5.96 Å². The van der Waals surface area contributed by atoms with Crippen LogP contribution in [-0.4, -0.2) is 73.6 Å². The summed E-state index contributed by atoms with van der Waals surface area (Å²) in [6.45, 7) is 5.78. The quantitative estimate of drug-likeness (QED) is 0.282. The van der Waals surface area contributed by atoms with Gasteiger partial charge in [-0.1, -0.05) is 6.42 Å². The summed E-state index contributed by atoms with van der Waals surface area (Å²) in [5.41, 5.74) is 0. The monoisotopic (exact) mass is 466 g/mol. The smallest absolute Gasteiger partial charge is 0.193 e. The molecule has 3 aliphatic rings. The minimum Gasteiger partial charge on any atom is -0.356 e. The Morgan fingerprint density at radius 1 is 1.12 bits per heavy atom. The Labute approximate surface area is 169 Å². The van der Waals surface area contributed by atoms with Gasteiger partial charge in [-0.3, -0.25) is 9.89 Å². The van der Waals surface area contributed by atoms with Gasteiger partial charge in [-0.25, -0.2) is 0 Å². The van der Waals surface area contributed by atoms with Gasteiger partial charge in [0, 0.05) is 45.8 Å². The topological polar surface area (TPSA) is 30.9 Å². The number of fused-ring (bicyclic) bond motifs is 2. The molecule has 0 aromatic heterocycles. The molecule has 0 aromatic carbocycles. The summed E-state index contributed by atoms with van der Waals surface area (Å²) in [6.07, 6.45) is 10.7. The molecule has 0 spiro atoms. The van der Waals surface area contributed by atoms with Crippen molar-refractivity contribution in [2.24, 2.45) is 16.8 Å². The first-order chi connectivity index (χ1) is 11.3. The molecular weight excluding hydrogens is 431 g/mol. The third kappa shape index (κ3) is 5.16. The molecule has 2 saturated carbocycles. The van der Waals surface area contributed by atoms with Gasteiger partial charge < -0.3 is 10.2 Å². The van der Waals surface area contributed by atoms with E-state index in [2.05, 4.69) is 26.4 Å². The van der Waals surface area contributed by atoms with Gasteiger partial charge >= 0.3 is 0 Å². The summed E-state index contributed by atoms with van der Waals surface area (Å²) in [6, 6.07) is 0.900. The first kappa shape index (κ1) is 20.6. The van der Waals surface area contributed by atoms with Gasteiger partial charge in [-0.2, -0.15) is 11.8 Å². The Balaban J connectivity index is 0.00000208. The average molecular weight is 466 g/mol. The number of aliphatic imine (C=N–C) groups is 1.